The molecule has 0 saturated heterocycles. The number of amides is 1. The van der Waals surface area contributed by atoms with Crippen molar-refractivity contribution in [2.45, 2.75) is 53.7 Å². The van der Waals surface area contributed by atoms with Crippen molar-refractivity contribution in [1.82, 2.24) is 19.7 Å². The number of anilines is 1. The molecule has 0 aliphatic heterocycles. The van der Waals surface area contributed by atoms with Gasteiger partial charge < -0.3 is 9.47 Å². The lowest BCUT2D eigenvalue weighted by atomic mass is 9.97. The number of carbonyl (C=O) groups is 2. The third-order valence-corrected chi connectivity index (χ3v) is 5.49. The number of carbonyl (C=O) groups excluding carboxylic acids is 2. The molecule has 0 fully saturated rings. The number of nitrogens with zero attached hydrogens (tertiary/aromatic N) is 4. The van der Waals surface area contributed by atoms with E-state index >= 15 is 0 Å². The van der Waals surface area contributed by atoms with Crippen LogP contribution in [-0.2, 0) is 22.6 Å². The Morgan fingerprint density at radius 1 is 0.973 bits per heavy atom. The highest BCUT2D eigenvalue weighted by Gasteiger charge is 2.23. The summed E-state index contributed by atoms with van der Waals surface area (Å²) in [5.74, 6) is 0.400. The average molecular weight is 502 g/mol. The van der Waals surface area contributed by atoms with Crippen molar-refractivity contribution in [2.75, 3.05) is 5.32 Å². The molecule has 0 bridgehead atoms. The molecule has 4 rings (SSSR count). The van der Waals surface area contributed by atoms with E-state index in [-0.39, 0.29) is 36.9 Å². The third kappa shape index (κ3) is 6.49. The molecule has 0 unspecified atom stereocenters. The summed E-state index contributed by atoms with van der Waals surface area (Å²) in [7, 11) is 0. The van der Waals surface area contributed by atoms with Gasteiger partial charge in [0.2, 0.25) is 17.7 Å². The molecule has 37 heavy (non-hydrogen) atoms. The topological polar surface area (TPSA) is 108 Å². The number of fused-ring (bicyclic) bond motifs is 1. The minimum Gasteiger partial charge on any atom is -0.472 e. The second-order valence-corrected chi connectivity index (χ2v) is 10.1. The number of hydrogen-bond donors (Lipinski definition) is 1. The predicted molar refractivity (Wildman–Crippen MR) is 140 cm³/mol. The van der Waals surface area contributed by atoms with E-state index in [4.69, 9.17) is 9.47 Å². The minimum atomic E-state index is -0.588. The largest absolute Gasteiger partial charge is 0.472 e. The summed E-state index contributed by atoms with van der Waals surface area (Å²) < 4.78 is 13.2. The molecule has 1 amide bonds. The van der Waals surface area contributed by atoms with Crippen LogP contribution in [0.25, 0.3) is 11.0 Å². The second kappa shape index (κ2) is 10.8. The van der Waals surface area contributed by atoms with Crippen LogP contribution in [0.2, 0.25) is 0 Å². The van der Waals surface area contributed by atoms with Crippen molar-refractivity contribution in [2.24, 2.45) is 5.41 Å². The predicted octanol–water partition coefficient (Wildman–Crippen LogP) is 5.12. The molecule has 1 N–H and O–H groups in total. The first kappa shape index (κ1) is 25.8. The molecular weight excluding hydrogens is 470 g/mol. The molecule has 0 aliphatic carbocycles. The number of aromatic nitrogens is 4. The summed E-state index contributed by atoms with van der Waals surface area (Å²) in [5, 5.41) is 7.86. The summed E-state index contributed by atoms with van der Waals surface area (Å²) in [4.78, 5) is 33.8. The first-order chi connectivity index (χ1) is 17.6. The maximum absolute atomic E-state index is 12.6. The van der Waals surface area contributed by atoms with Gasteiger partial charge in [-0.15, -0.1) is 0 Å². The summed E-state index contributed by atoms with van der Waals surface area (Å²) in [6.07, 6.45) is 1.86. The SMILES string of the molecule is CC(C)n1ncc2c(OCc3ccc(OC(=O)C(C)(C)C)cc3)nc(NC(=O)Cc3ccccc3)nc21. The van der Waals surface area contributed by atoms with E-state index in [1.54, 1.807) is 43.8 Å². The number of rotatable bonds is 8. The Hall–Kier alpha value is -4.27. The van der Waals surface area contributed by atoms with Gasteiger partial charge in [-0.3, -0.25) is 14.9 Å². The first-order valence-electron chi connectivity index (χ1n) is 12.1. The molecule has 0 radical (unpaired) electrons. The highest BCUT2D eigenvalue weighted by atomic mass is 16.5. The van der Waals surface area contributed by atoms with Crippen LogP contribution in [0.5, 0.6) is 11.6 Å². The van der Waals surface area contributed by atoms with Gasteiger partial charge in [-0.2, -0.15) is 15.1 Å². The van der Waals surface area contributed by atoms with E-state index in [2.05, 4.69) is 20.4 Å². The van der Waals surface area contributed by atoms with Crippen molar-refractivity contribution < 1.29 is 19.1 Å². The van der Waals surface area contributed by atoms with Crippen molar-refractivity contribution >= 4 is 28.9 Å². The van der Waals surface area contributed by atoms with Gasteiger partial charge >= 0.3 is 5.97 Å². The number of benzene rings is 2. The Morgan fingerprint density at radius 2 is 1.68 bits per heavy atom. The zero-order chi connectivity index (χ0) is 26.6. The highest BCUT2D eigenvalue weighted by Crippen LogP contribution is 2.27. The Kier molecular flexibility index (Phi) is 7.52. The minimum absolute atomic E-state index is 0.0523. The Bertz CT molecular complexity index is 1390. The molecule has 4 aromatic rings. The fourth-order valence-electron chi connectivity index (χ4n) is 3.46. The molecule has 2 aromatic carbocycles. The lowest BCUT2D eigenvalue weighted by molar-refractivity contribution is -0.143. The van der Waals surface area contributed by atoms with Gasteiger partial charge in [0.1, 0.15) is 17.7 Å². The Balaban J connectivity index is 1.52. The van der Waals surface area contributed by atoms with E-state index in [1.807, 2.05) is 56.3 Å². The number of ether oxygens (including phenoxy) is 2. The van der Waals surface area contributed by atoms with Crippen LogP contribution in [0.15, 0.2) is 60.8 Å². The van der Waals surface area contributed by atoms with Crippen LogP contribution in [0.3, 0.4) is 0 Å². The standard InChI is InChI=1S/C28H31N5O4/c1-18(2)33-24-22(16-29-33)25(32-27(31-24)30-23(34)15-19-9-7-6-8-10-19)36-17-20-11-13-21(14-12-20)37-26(35)28(3,4)5/h6-14,16,18H,15,17H2,1-5H3,(H,30,31,32,34). The van der Waals surface area contributed by atoms with E-state index in [0.29, 0.717) is 22.7 Å². The zero-order valence-electron chi connectivity index (χ0n) is 21.7. The Morgan fingerprint density at radius 3 is 2.32 bits per heavy atom. The lowest BCUT2D eigenvalue weighted by Gasteiger charge is -2.16. The summed E-state index contributed by atoms with van der Waals surface area (Å²) >= 11 is 0. The van der Waals surface area contributed by atoms with Crippen LogP contribution >= 0.6 is 0 Å². The fraction of sp³-hybridized carbons (Fsp3) is 0.321. The fourth-order valence-corrected chi connectivity index (χ4v) is 3.46. The van der Waals surface area contributed by atoms with E-state index in [0.717, 1.165) is 11.1 Å². The van der Waals surface area contributed by atoms with Crippen LogP contribution < -0.4 is 14.8 Å². The molecule has 9 nitrogen and oxygen atoms in total. The normalized spacial score (nSPS) is 11.5. The molecule has 0 spiro atoms. The van der Waals surface area contributed by atoms with Gasteiger partial charge in [-0.25, -0.2) is 4.68 Å². The van der Waals surface area contributed by atoms with Crippen molar-refractivity contribution in [3.8, 4) is 11.6 Å². The van der Waals surface area contributed by atoms with Crippen LogP contribution in [0, 0.1) is 5.41 Å². The molecule has 9 heteroatoms. The molecule has 2 heterocycles. The molecule has 2 aromatic heterocycles. The summed E-state index contributed by atoms with van der Waals surface area (Å²) in [5.41, 5.74) is 1.73. The third-order valence-electron chi connectivity index (χ3n) is 5.49. The van der Waals surface area contributed by atoms with Crippen molar-refractivity contribution in [3.05, 3.63) is 71.9 Å². The highest BCUT2D eigenvalue weighted by molar-refractivity contribution is 5.92. The molecule has 192 valence electrons. The van der Waals surface area contributed by atoms with Crippen LogP contribution in [0.1, 0.15) is 51.8 Å². The number of esters is 1. The van der Waals surface area contributed by atoms with E-state index in [1.165, 1.54) is 0 Å². The van der Waals surface area contributed by atoms with E-state index in [9.17, 15) is 9.59 Å². The second-order valence-electron chi connectivity index (χ2n) is 10.1. The Labute approximate surface area is 215 Å². The van der Waals surface area contributed by atoms with Crippen LogP contribution in [0.4, 0.5) is 5.95 Å². The maximum Gasteiger partial charge on any atom is 0.316 e. The maximum atomic E-state index is 12.6. The van der Waals surface area contributed by atoms with Gasteiger partial charge in [-0.05, 0) is 57.9 Å². The molecule has 0 aliphatic rings. The first-order valence-corrected chi connectivity index (χ1v) is 12.1. The van der Waals surface area contributed by atoms with E-state index < -0.39 is 5.41 Å². The van der Waals surface area contributed by atoms with Gasteiger partial charge in [-0.1, -0.05) is 42.5 Å². The van der Waals surface area contributed by atoms with Gasteiger partial charge in [0.25, 0.3) is 0 Å². The number of hydrogen-bond acceptors (Lipinski definition) is 7. The monoisotopic (exact) mass is 501 g/mol. The van der Waals surface area contributed by atoms with Crippen molar-refractivity contribution in [1.29, 1.82) is 0 Å². The number of nitrogens with one attached hydrogen (secondary N) is 1. The quantitative estimate of drug-likeness (QED) is 0.264. The average Bonchev–Trinajstić information content (AvgIpc) is 3.28. The molecule has 0 atom stereocenters. The smallest absolute Gasteiger partial charge is 0.316 e. The van der Waals surface area contributed by atoms with Gasteiger partial charge in [0.05, 0.1) is 18.0 Å². The molecular formula is C28H31N5O4. The van der Waals surface area contributed by atoms with Gasteiger partial charge in [0, 0.05) is 6.04 Å². The van der Waals surface area contributed by atoms with Gasteiger partial charge in [0.15, 0.2) is 5.65 Å². The summed E-state index contributed by atoms with van der Waals surface area (Å²) in [6, 6.07) is 16.6. The van der Waals surface area contributed by atoms with Crippen molar-refractivity contribution in [3.63, 3.8) is 0 Å². The van der Waals surface area contributed by atoms with Crippen LogP contribution in [-0.4, -0.2) is 31.6 Å². The lowest BCUT2D eigenvalue weighted by Crippen LogP contribution is -2.25. The molecule has 0 saturated carbocycles. The summed E-state index contributed by atoms with van der Waals surface area (Å²) in [6.45, 7) is 9.62. The zero-order valence-corrected chi connectivity index (χ0v) is 21.7.